The first kappa shape index (κ1) is 12.4. The highest BCUT2D eigenvalue weighted by molar-refractivity contribution is 9.10. The van der Waals surface area contributed by atoms with Crippen molar-refractivity contribution in [2.75, 3.05) is 0 Å². The molecule has 0 fully saturated rings. The minimum absolute atomic E-state index is 0.345. The molecule has 1 atom stereocenters. The second-order valence-corrected chi connectivity index (χ2v) is 4.54. The molecule has 1 unspecified atom stereocenters. The number of halogens is 2. The van der Waals surface area contributed by atoms with E-state index in [4.69, 9.17) is 0 Å². The van der Waals surface area contributed by atoms with Gasteiger partial charge < -0.3 is 5.11 Å². The molecule has 1 aromatic carbocycles. The van der Waals surface area contributed by atoms with Crippen LogP contribution in [-0.4, -0.2) is 5.11 Å². The highest BCUT2D eigenvalue weighted by Gasteiger charge is 2.09. The van der Waals surface area contributed by atoms with Crippen molar-refractivity contribution < 1.29 is 9.50 Å². The molecule has 0 aliphatic rings. The van der Waals surface area contributed by atoms with E-state index in [1.807, 2.05) is 6.92 Å². The Morgan fingerprint density at radius 1 is 1.60 bits per heavy atom. The molecule has 82 valence electrons. The first-order valence-electron chi connectivity index (χ1n) is 4.78. The number of benzene rings is 1. The summed E-state index contributed by atoms with van der Waals surface area (Å²) in [5.41, 5.74) is 1.63. The Hall–Kier alpha value is -0.670. The van der Waals surface area contributed by atoms with Crippen LogP contribution in [0, 0.1) is 5.82 Å². The van der Waals surface area contributed by atoms with Gasteiger partial charge in [0, 0.05) is 0 Å². The van der Waals surface area contributed by atoms with Crippen molar-refractivity contribution in [3.63, 3.8) is 0 Å². The van der Waals surface area contributed by atoms with E-state index >= 15 is 0 Å². The maximum Gasteiger partial charge on any atom is 0.137 e. The smallest absolute Gasteiger partial charge is 0.137 e. The van der Waals surface area contributed by atoms with Gasteiger partial charge in [0.05, 0.1) is 10.6 Å². The lowest BCUT2D eigenvalue weighted by Crippen LogP contribution is -1.98. The fourth-order valence-corrected chi connectivity index (χ4v) is 1.52. The van der Waals surface area contributed by atoms with Gasteiger partial charge in [0.1, 0.15) is 5.82 Å². The number of allylic oxidation sites excluding steroid dienone is 1. The third-order valence-corrected chi connectivity index (χ3v) is 2.82. The molecule has 1 N–H and O–H groups in total. The Bertz CT molecular complexity index is 363. The van der Waals surface area contributed by atoms with Crippen molar-refractivity contribution in [3.05, 3.63) is 46.2 Å². The summed E-state index contributed by atoms with van der Waals surface area (Å²) in [5, 5.41) is 9.76. The molecule has 1 nitrogen and oxygen atoms in total. The topological polar surface area (TPSA) is 20.2 Å². The first-order chi connectivity index (χ1) is 7.00. The highest BCUT2D eigenvalue weighted by atomic mass is 79.9. The molecule has 15 heavy (non-hydrogen) atoms. The van der Waals surface area contributed by atoms with E-state index in [2.05, 4.69) is 22.5 Å². The number of aliphatic hydroxyl groups excluding tert-OH is 1. The minimum atomic E-state index is -0.621. The zero-order valence-electron chi connectivity index (χ0n) is 8.63. The molecule has 0 heterocycles. The van der Waals surface area contributed by atoms with Crippen molar-refractivity contribution in [3.8, 4) is 0 Å². The van der Waals surface area contributed by atoms with E-state index in [0.29, 0.717) is 16.5 Å². The molecule has 0 amide bonds. The first-order valence-corrected chi connectivity index (χ1v) is 5.57. The van der Waals surface area contributed by atoms with Crippen molar-refractivity contribution in [2.24, 2.45) is 0 Å². The zero-order chi connectivity index (χ0) is 11.4. The molecule has 0 bridgehead atoms. The lowest BCUT2D eigenvalue weighted by Gasteiger charge is -2.11. The van der Waals surface area contributed by atoms with Crippen LogP contribution in [0.15, 0.2) is 34.8 Å². The van der Waals surface area contributed by atoms with E-state index in [-0.39, 0.29) is 5.82 Å². The molecule has 0 saturated heterocycles. The van der Waals surface area contributed by atoms with Gasteiger partial charge in [-0.2, -0.15) is 0 Å². The fourth-order valence-electron chi connectivity index (χ4n) is 1.27. The molecule has 3 heteroatoms. The minimum Gasteiger partial charge on any atom is -0.388 e. The molecule has 0 spiro atoms. The van der Waals surface area contributed by atoms with Gasteiger partial charge in [0.15, 0.2) is 0 Å². The average molecular weight is 273 g/mol. The number of aliphatic hydroxyl groups is 1. The summed E-state index contributed by atoms with van der Waals surface area (Å²) in [7, 11) is 0. The SMILES string of the molecule is C=C(C)CCC(O)c1ccc(Br)c(F)c1. The van der Waals surface area contributed by atoms with E-state index in [1.54, 1.807) is 12.1 Å². The third kappa shape index (κ3) is 3.76. The van der Waals surface area contributed by atoms with Crippen LogP contribution in [0.2, 0.25) is 0 Å². The van der Waals surface area contributed by atoms with E-state index < -0.39 is 6.10 Å². The predicted molar refractivity (Wildman–Crippen MR) is 63.1 cm³/mol. The molecule has 1 rings (SSSR count). The summed E-state index contributed by atoms with van der Waals surface area (Å²) in [5.74, 6) is -0.345. The van der Waals surface area contributed by atoms with Gasteiger partial charge in [-0.25, -0.2) is 4.39 Å². The Morgan fingerprint density at radius 2 is 2.27 bits per heavy atom. The van der Waals surface area contributed by atoms with E-state index in [0.717, 1.165) is 12.0 Å². The monoisotopic (exact) mass is 272 g/mol. The van der Waals surface area contributed by atoms with Crippen LogP contribution < -0.4 is 0 Å². The molecule has 0 aliphatic carbocycles. The third-order valence-electron chi connectivity index (χ3n) is 2.17. The highest BCUT2D eigenvalue weighted by Crippen LogP contribution is 2.24. The lowest BCUT2D eigenvalue weighted by molar-refractivity contribution is 0.167. The summed E-state index contributed by atoms with van der Waals surface area (Å²) in [4.78, 5) is 0. The predicted octanol–water partition coefficient (Wildman–Crippen LogP) is 3.98. The van der Waals surface area contributed by atoms with Gasteiger partial charge in [-0.3, -0.25) is 0 Å². The van der Waals surface area contributed by atoms with Gasteiger partial charge >= 0.3 is 0 Å². The maximum atomic E-state index is 13.2. The summed E-state index contributed by atoms with van der Waals surface area (Å²) in [6, 6.07) is 4.68. The maximum absolute atomic E-state index is 13.2. The van der Waals surface area contributed by atoms with Crippen molar-refractivity contribution in [2.45, 2.75) is 25.9 Å². The van der Waals surface area contributed by atoms with Crippen molar-refractivity contribution in [1.82, 2.24) is 0 Å². The molecule has 0 aliphatic heterocycles. The quantitative estimate of drug-likeness (QED) is 0.823. The van der Waals surface area contributed by atoms with Gasteiger partial charge in [0.25, 0.3) is 0 Å². The number of rotatable bonds is 4. The Morgan fingerprint density at radius 3 is 2.80 bits per heavy atom. The zero-order valence-corrected chi connectivity index (χ0v) is 10.2. The van der Waals surface area contributed by atoms with Crippen LogP contribution in [0.5, 0.6) is 0 Å². The number of hydrogen-bond acceptors (Lipinski definition) is 1. The summed E-state index contributed by atoms with van der Waals surface area (Å²) in [6.07, 6.45) is 0.708. The van der Waals surface area contributed by atoms with Gasteiger partial charge in [-0.1, -0.05) is 11.6 Å². The van der Waals surface area contributed by atoms with E-state index in [1.165, 1.54) is 6.07 Å². The van der Waals surface area contributed by atoms with Gasteiger partial charge in [0.2, 0.25) is 0 Å². The summed E-state index contributed by atoms with van der Waals surface area (Å²) in [6.45, 7) is 5.67. The summed E-state index contributed by atoms with van der Waals surface area (Å²) >= 11 is 3.07. The Balaban J connectivity index is 2.69. The van der Waals surface area contributed by atoms with Gasteiger partial charge in [-0.15, -0.1) is 6.58 Å². The average Bonchev–Trinajstić information content (AvgIpc) is 2.18. The summed E-state index contributed by atoms with van der Waals surface area (Å²) < 4.78 is 13.6. The van der Waals surface area contributed by atoms with Gasteiger partial charge in [-0.05, 0) is 53.4 Å². The van der Waals surface area contributed by atoms with Crippen LogP contribution >= 0.6 is 15.9 Å². The molecule has 1 aromatic rings. The van der Waals surface area contributed by atoms with Crippen molar-refractivity contribution in [1.29, 1.82) is 0 Å². The lowest BCUT2D eigenvalue weighted by atomic mass is 10.0. The van der Waals surface area contributed by atoms with Crippen LogP contribution in [0.1, 0.15) is 31.4 Å². The number of hydrogen-bond donors (Lipinski definition) is 1. The van der Waals surface area contributed by atoms with Crippen molar-refractivity contribution >= 4 is 15.9 Å². The second-order valence-electron chi connectivity index (χ2n) is 3.69. The molecule has 0 saturated carbocycles. The Kier molecular flexibility index (Phi) is 4.48. The largest absolute Gasteiger partial charge is 0.388 e. The van der Waals surface area contributed by atoms with Crippen LogP contribution in [0.25, 0.3) is 0 Å². The Labute approximate surface area is 97.8 Å². The fraction of sp³-hybridized carbons (Fsp3) is 0.333. The standard InChI is InChI=1S/C12H14BrFO/c1-8(2)3-6-12(15)9-4-5-10(13)11(14)7-9/h4-5,7,12,15H,1,3,6H2,2H3. The second kappa shape index (κ2) is 5.42. The van der Waals surface area contributed by atoms with Crippen LogP contribution in [0.3, 0.4) is 0 Å². The molecular formula is C12H14BrFO. The molecule has 0 aromatic heterocycles. The van der Waals surface area contributed by atoms with Crippen LogP contribution in [0.4, 0.5) is 4.39 Å². The van der Waals surface area contributed by atoms with E-state index in [9.17, 15) is 9.50 Å². The van der Waals surface area contributed by atoms with Crippen LogP contribution in [-0.2, 0) is 0 Å². The molecule has 0 radical (unpaired) electrons. The normalized spacial score (nSPS) is 12.5. The molecular weight excluding hydrogens is 259 g/mol.